The molecule has 2 fully saturated rings. The van der Waals surface area contributed by atoms with Crippen LogP contribution in [0.1, 0.15) is 49.7 Å². The summed E-state index contributed by atoms with van der Waals surface area (Å²) < 4.78 is 80.5. The molecule has 0 radical (unpaired) electrons. The summed E-state index contributed by atoms with van der Waals surface area (Å²) >= 11 is 0. The highest BCUT2D eigenvalue weighted by Crippen LogP contribution is 2.41. The molecule has 0 atom stereocenters. The second kappa shape index (κ2) is 11.4. The number of benzene rings is 1. The minimum absolute atomic E-state index is 0.00798. The maximum atomic E-state index is 12.8. The van der Waals surface area contributed by atoms with Gasteiger partial charge in [0.15, 0.2) is 0 Å². The molecule has 2 saturated heterocycles. The molecule has 2 aliphatic rings. The normalized spacial score (nSPS) is 18.4. The highest BCUT2D eigenvalue weighted by Gasteiger charge is 2.60. The van der Waals surface area contributed by atoms with Crippen LogP contribution in [0, 0.1) is 6.92 Å². The molecule has 0 saturated carbocycles. The Morgan fingerprint density at radius 3 is 2.32 bits per heavy atom. The molecular weight excluding hydrogens is 508 g/mol. The van der Waals surface area contributed by atoms with Crippen molar-refractivity contribution in [1.82, 2.24) is 9.80 Å². The molecule has 2 aliphatic heterocycles. The van der Waals surface area contributed by atoms with Crippen molar-refractivity contribution in [3.8, 4) is 0 Å². The van der Waals surface area contributed by atoms with Crippen molar-refractivity contribution in [2.75, 3.05) is 31.5 Å². The van der Waals surface area contributed by atoms with Crippen molar-refractivity contribution >= 4 is 17.7 Å². The monoisotopic (exact) mass is 539 g/mol. The van der Waals surface area contributed by atoms with E-state index in [1.54, 1.807) is 0 Å². The first-order valence-corrected chi connectivity index (χ1v) is 12.1. The molecule has 13 heteroatoms. The van der Waals surface area contributed by atoms with Crippen LogP contribution in [-0.2, 0) is 16.1 Å². The number of amides is 1. The van der Waals surface area contributed by atoms with E-state index in [1.807, 2.05) is 25.1 Å². The topological polar surface area (TPSA) is 82.1 Å². The Labute approximate surface area is 210 Å². The van der Waals surface area contributed by atoms with E-state index in [1.165, 1.54) is 0 Å². The number of carboxylic acids is 1. The van der Waals surface area contributed by atoms with E-state index in [4.69, 9.17) is 5.11 Å². The van der Waals surface area contributed by atoms with E-state index in [0.717, 1.165) is 41.1 Å². The summed E-state index contributed by atoms with van der Waals surface area (Å²) in [7, 11) is 0. The highest BCUT2D eigenvalue weighted by atomic mass is 19.4. The zero-order valence-corrected chi connectivity index (χ0v) is 20.4. The zero-order valence-electron chi connectivity index (χ0n) is 20.4. The van der Waals surface area contributed by atoms with Crippen LogP contribution < -0.4 is 5.32 Å². The molecule has 1 amide bonds. The molecule has 0 aromatic heterocycles. The number of aryl methyl sites for hydroxylation is 1. The summed E-state index contributed by atoms with van der Waals surface area (Å²) in [6.45, 7) is 3.75. The number of carbonyl (C=O) groups is 2. The number of carbonyl (C=O) groups excluding carboxylic acids is 1. The van der Waals surface area contributed by atoms with Gasteiger partial charge in [-0.25, -0.2) is 4.79 Å². The van der Waals surface area contributed by atoms with E-state index >= 15 is 0 Å². The van der Waals surface area contributed by atoms with Gasteiger partial charge in [0.2, 0.25) is 0 Å². The average molecular weight is 540 g/mol. The largest absolute Gasteiger partial charge is 0.481 e. The standard InChI is InChI=1S/C24H31F6N3O4/c1-16-5-6-17(18(14-16)31-10-2-4-19(34)35)15-33-11-3-7-22(33)8-12-32(13-9-22)21(36)37-20(23(25,26)27)24(28,29)30/h5-6,14,20,31H,2-4,7-13,15H2,1H3,(H,34,35). The van der Waals surface area contributed by atoms with Gasteiger partial charge in [0.1, 0.15) is 0 Å². The number of anilines is 1. The van der Waals surface area contributed by atoms with Crippen LogP contribution in [0.2, 0.25) is 0 Å². The quantitative estimate of drug-likeness (QED) is 0.343. The first kappa shape index (κ1) is 28.9. The van der Waals surface area contributed by atoms with Crippen molar-refractivity contribution in [3.05, 3.63) is 29.3 Å². The number of aliphatic carboxylic acids is 1. The highest BCUT2D eigenvalue weighted by molar-refractivity contribution is 5.68. The molecule has 0 bridgehead atoms. The van der Waals surface area contributed by atoms with Gasteiger partial charge in [0.25, 0.3) is 6.10 Å². The fourth-order valence-corrected chi connectivity index (χ4v) is 5.07. The molecule has 0 aliphatic carbocycles. The lowest BCUT2D eigenvalue weighted by molar-refractivity contribution is -0.308. The molecule has 1 aromatic carbocycles. The molecular formula is C24H31F6N3O4. The number of hydrogen-bond donors (Lipinski definition) is 2. The van der Waals surface area contributed by atoms with Gasteiger partial charge in [-0.2, -0.15) is 26.3 Å². The van der Waals surface area contributed by atoms with Gasteiger partial charge in [-0.05, 0) is 62.8 Å². The Balaban J connectivity index is 1.63. The van der Waals surface area contributed by atoms with E-state index in [9.17, 15) is 35.9 Å². The summed E-state index contributed by atoms with van der Waals surface area (Å²) in [6.07, 6.45) is -14.3. The fraction of sp³-hybridized carbons (Fsp3) is 0.667. The first-order valence-electron chi connectivity index (χ1n) is 12.1. The molecule has 0 unspecified atom stereocenters. The maximum absolute atomic E-state index is 12.8. The summed E-state index contributed by atoms with van der Waals surface area (Å²) in [5, 5.41) is 12.1. The van der Waals surface area contributed by atoms with E-state index in [2.05, 4.69) is 15.0 Å². The van der Waals surface area contributed by atoms with Gasteiger partial charge >= 0.3 is 24.4 Å². The number of likely N-dealkylation sites (tertiary alicyclic amines) is 2. The van der Waals surface area contributed by atoms with Crippen LogP contribution in [0.4, 0.5) is 36.8 Å². The van der Waals surface area contributed by atoms with Gasteiger partial charge in [0, 0.05) is 43.8 Å². The fourth-order valence-electron chi connectivity index (χ4n) is 5.07. The number of carboxylic acid groups (broad SMARTS) is 1. The summed E-state index contributed by atoms with van der Waals surface area (Å²) in [5.41, 5.74) is 2.60. The number of ether oxygens (including phenoxy) is 1. The van der Waals surface area contributed by atoms with Crippen LogP contribution in [-0.4, -0.2) is 77.1 Å². The Morgan fingerprint density at radius 2 is 1.73 bits per heavy atom. The van der Waals surface area contributed by atoms with E-state index in [0.29, 0.717) is 32.4 Å². The number of nitrogens with one attached hydrogen (secondary N) is 1. The van der Waals surface area contributed by atoms with E-state index < -0.39 is 30.5 Å². The van der Waals surface area contributed by atoms with Gasteiger partial charge in [-0.1, -0.05) is 12.1 Å². The van der Waals surface area contributed by atoms with Gasteiger partial charge < -0.3 is 20.1 Å². The minimum atomic E-state index is -5.75. The maximum Gasteiger partial charge on any atom is 0.434 e. The number of halogens is 6. The number of alkyl halides is 6. The summed E-state index contributed by atoms with van der Waals surface area (Å²) in [5.74, 6) is -0.868. The number of hydrogen-bond acceptors (Lipinski definition) is 5. The summed E-state index contributed by atoms with van der Waals surface area (Å²) in [6, 6.07) is 5.94. The Morgan fingerprint density at radius 1 is 1.08 bits per heavy atom. The van der Waals surface area contributed by atoms with Crippen molar-refractivity contribution < 1.29 is 45.8 Å². The third-order valence-electron chi connectivity index (χ3n) is 7.02. The number of piperidine rings is 1. The van der Waals surface area contributed by atoms with Crippen molar-refractivity contribution in [2.24, 2.45) is 0 Å². The van der Waals surface area contributed by atoms with Crippen LogP contribution in [0.3, 0.4) is 0 Å². The van der Waals surface area contributed by atoms with Crippen molar-refractivity contribution in [1.29, 1.82) is 0 Å². The van der Waals surface area contributed by atoms with E-state index in [-0.39, 0.29) is 25.0 Å². The number of nitrogens with zero attached hydrogens (tertiary/aromatic N) is 2. The number of rotatable bonds is 8. The predicted molar refractivity (Wildman–Crippen MR) is 122 cm³/mol. The zero-order chi connectivity index (χ0) is 27.4. The molecule has 37 heavy (non-hydrogen) atoms. The predicted octanol–water partition coefficient (Wildman–Crippen LogP) is 5.33. The summed E-state index contributed by atoms with van der Waals surface area (Å²) in [4.78, 5) is 26.1. The second-order valence-electron chi connectivity index (χ2n) is 9.67. The lowest BCUT2D eigenvalue weighted by atomic mass is 9.84. The second-order valence-corrected chi connectivity index (χ2v) is 9.67. The average Bonchev–Trinajstić information content (AvgIpc) is 3.16. The minimum Gasteiger partial charge on any atom is -0.481 e. The van der Waals surface area contributed by atoms with Crippen LogP contribution >= 0.6 is 0 Å². The third kappa shape index (κ3) is 7.42. The van der Waals surface area contributed by atoms with Crippen molar-refractivity contribution in [2.45, 2.75) is 76.0 Å². The lowest BCUT2D eigenvalue weighted by Crippen LogP contribution is -2.54. The SMILES string of the molecule is Cc1ccc(CN2CCCC23CCN(C(=O)OC(C(F)(F)F)C(F)(F)F)CC3)c(NCCCC(=O)O)c1. The third-order valence-corrected chi connectivity index (χ3v) is 7.02. The van der Waals surface area contributed by atoms with Crippen LogP contribution in [0.15, 0.2) is 18.2 Å². The molecule has 1 spiro atoms. The Bertz CT molecular complexity index is 947. The molecule has 2 N–H and O–H groups in total. The van der Waals surface area contributed by atoms with Crippen LogP contribution in [0.5, 0.6) is 0 Å². The smallest absolute Gasteiger partial charge is 0.434 e. The van der Waals surface area contributed by atoms with Gasteiger partial charge in [0.05, 0.1) is 0 Å². The van der Waals surface area contributed by atoms with Gasteiger partial charge in [-0.3, -0.25) is 9.69 Å². The molecule has 2 heterocycles. The molecule has 3 rings (SSSR count). The lowest BCUT2D eigenvalue weighted by Gasteiger charge is -2.45. The van der Waals surface area contributed by atoms with Gasteiger partial charge in [-0.15, -0.1) is 0 Å². The Hall–Kier alpha value is -2.70. The molecule has 208 valence electrons. The van der Waals surface area contributed by atoms with Crippen molar-refractivity contribution in [3.63, 3.8) is 0 Å². The first-order chi connectivity index (χ1) is 17.2. The van der Waals surface area contributed by atoms with Crippen LogP contribution in [0.25, 0.3) is 0 Å². The molecule has 1 aromatic rings. The Kier molecular flexibility index (Phi) is 8.86. The molecule has 7 nitrogen and oxygen atoms in total.